The van der Waals surface area contributed by atoms with Gasteiger partial charge in [-0.05, 0) is 18.0 Å². The lowest BCUT2D eigenvalue weighted by Gasteiger charge is -2.30. The first-order valence-corrected chi connectivity index (χ1v) is 5.78. The summed E-state index contributed by atoms with van der Waals surface area (Å²) in [5.41, 5.74) is 1.62. The summed E-state index contributed by atoms with van der Waals surface area (Å²) in [6.45, 7) is 10.8. The standard InChI is InChI=1S/C12H19N.C2H6/c1-12(2,3)11(13-4)10-8-6-5-7-9-10;1-2/h5-9,11,13H,1-4H3;1-2H3. The van der Waals surface area contributed by atoms with Gasteiger partial charge in [0, 0.05) is 6.04 Å². The van der Waals surface area contributed by atoms with Crippen LogP contribution in [0.15, 0.2) is 30.3 Å². The number of benzene rings is 1. The van der Waals surface area contributed by atoms with Crippen LogP contribution < -0.4 is 5.32 Å². The van der Waals surface area contributed by atoms with Gasteiger partial charge in [-0.2, -0.15) is 0 Å². The maximum atomic E-state index is 3.36. The van der Waals surface area contributed by atoms with Crippen LogP contribution in [0.1, 0.15) is 46.2 Å². The molecule has 0 spiro atoms. The van der Waals surface area contributed by atoms with Crippen molar-refractivity contribution in [3.8, 4) is 0 Å². The van der Waals surface area contributed by atoms with Crippen molar-refractivity contribution >= 4 is 0 Å². The van der Waals surface area contributed by atoms with E-state index in [9.17, 15) is 0 Å². The van der Waals surface area contributed by atoms with Gasteiger partial charge in [0.05, 0.1) is 0 Å². The van der Waals surface area contributed by atoms with E-state index in [1.54, 1.807) is 0 Å². The number of rotatable bonds is 2. The zero-order valence-electron chi connectivity index (χ0n) is 11.0. The van der Waals surface area contributed by atoms with Crippen molar-refractivity contribution in [3.05, 3.63) is 35.9 Å². The van der Waals surface area contributed by atoms with Crippen LogP contribution >= 0.6 is 0 Å². The van der Waals surface area contributed by atoms with Crippen LogP contribution in [0.5, 0.6) is 0 Å². The fraction of sp³-hybridized carbons (Fsp3) is 0.571. The predicted octanol–water partition coefficient (Wildman–Crippen LogP) is 4.02. The first kappa shape index (κ1) is 14.2. The molecule has 0 saturated heterocycles. The average molecular weight is 207 g/mol. The minimum atomic E-state index is 0.260. The second-order valence-corrected chi connectivity index (χ2v) is 4.50. The van der Waals surface area contributed by atoms with E-state index in [-0.39, 0.29) is 5.41 Å². The summed E-state index contributed by atoms with van der Waals surface area (Å²) >= 11 is 0. The molecule has 0 fully saturated rings. The molecule has 0 saturated carbocycles. The van der Waals surface area contributed by atoms with Crippen LogP contribution in [0.4, 0.5) is 0 Å². The summed E-state index contributed by atoms with van der Waals surface area (Å²) < 4.78 is 0. The number of hydrogen-bond acceptors (Lipinski definition) is 1. The van der Waals surface area contributed by atoms with Gasteiger partial charge in [-0.3, -0.25) is 0 Å². The second kappa shape index (κ2) is 6.62. The van der Waals surface area contributed by atoms with Crippen LogP contribution in [0.2, 0.25) is 0 Å². The van der Waals surface area contributed by atoms with Crippen molar-refractivity contribution in [1.82, 2.24) is 5.32 Å². The van der Waals surface area contributed by atoms with Crippen LogP contribution in [0.3, 0.4) is 0 Å². The van der Waals surface area contributed by atoms with Crippen LogP contribution in [-0.4, -0.2) is 7.05 Å². The Kier molecular flexibility index (Phi) is 6.26. The van der Waals surface area contributed by atoms with E-state index in [1.807, 2.05) is 20.9 Å². The molecule has 1 atom stereocenters. The smallest absolute Gasteiger partial charge is 0.0366 e. The first-order valence-electron chi connectivity index (χ1n) is 5.78. The SMILES string of the molecule is CC.CNC(c1ccccc1)C(C)(C)C. The van der Waals surface area contributed by atoms with Crippen molar-refractivity contribution in [2.24, 2.45) is 5.41 Å². The molecule has 1 unspecified atom stereocenters. The fourth-order valence-electron chi connectivity index (χ4n) is 1.75. The molecule has 0 radical (unpaired) electrons. The largest absolute Gasteiger partial charge is 0.313 e. The Balaban J connectivity index is 0.000000921. The summed E-state index contributed by atoms with van der Waals surface area (Å²) in [7, 11) is 2.02. The highest BCUT2D eigenvalue weighted by atomic mass is 14.9. The molecule has 1 heteroatoms. The van der Waals surface area contributed by atoms with E-state index in [0.717, 1.165) is 0 Å². The zero-order chi connectivity index (χ0) is 11.9. The Morgan fingerprint density at radius 2 is 1.47 bits per heavy atom. The lowest BCUT2D eigenvalue weighted by molar-refractivity contribution is 0.287. The molecule has 0 bridgehead atoms. The Bertz CT molecular complexity index is 246. The number of hydrogen-bond donors (Lipinski definition) is 1. The zero-order valence-corrected chi connectivity index (χ0v) is 11.0. The van der Waals surface area contributed by atoms with Gasteiger partial charge in [0.2, 0.25) is 0 Å². The molecular weight excluding hydrogens is 182 g/mol. The average Bonchev–Trinajstić information content (AvgIpc) is 2.21. The molecule has 1 rings (SSSR count). The first-order chi connectivity index (χ1) is 7.05. The Labute approximate surface area is 94.9 Å². The lowest BCUT2D eigenvalue weighted by Crippen LogP contribution is -2.29. The molecule has 0 amide bonds. The third kappa shape index (κ3) is 4.48. The van der Waals surface area contributed by atoms with Crippen molar-refractivity contribution in [1.29, 1.82) is 0 Å². The van der Waals surface area contributed by atoms with E-state index >= 15 is 0 Å². The topological polar surface area (TPSA) is 12.0 Å². The van der Waals surface area contributed by atoms with Crippen LogP contribution in [-0.2, 0) is 0 Å². The molecule has 1 aromatic rings. The molecule has 1 nitrogen and oxygen atoms in total. The summed E-state index contributed by atoms with van der Waals surface area (Å²) in [5, 5.41) is 3.36. The molecule has 0 aliphatic rings. The van der Waals surface area contributed by atoms with Crippen molar-refractivity contribution in [2.45, 2.75) is 40.7 Å². The third-order valence-electron chi connectivity index (χ3n) is 2.29. The summed E-state index contributed by atoms with van der Waals surface area (Å²) in [4.78, 5) is 0. The van der Waals surface area contributed by atoms with Gasteiger partial charge in [0.15, 0.2) is 0 Å². The van der Waals surface area contributed by atoms with E-state index in [1.165, 1.54) is 5.56 Å². The van der Waals surface area contributed by atoms with Gasteiger partial charge in [0.1, 0.15) is 0 Å². The van der Waals surface area contributed by atoms with E-state index < -0.39 is 0 Å². The van der Waals surface area contributed by atoms with Crippen molar-refractivity contribution < 1.29 is 0 Å². The summed E-state index contributed by atoms with van der Waals surface area (Å²) in [5.74, 6) is 0. The van der Waals surface area contributed by atoms with Gasteiger partial charge < -0.3 is 5.32 Å². The molecular formula is C14H25N. The minimum Gasteiger partial charge on any atom is -0.313 e. The van der Waals surface area contributed by atoms with E-state index in [0.29, 0.717) is 6.04 Å². The van der Waals surface area contributed by atoms with Gasteiger partial charge in [-0.1, -0.05) is 65.0 Å². The minimum absolute atomic E-state index is 0.260. The Morgan fingerprint density at radius 1 is 1.00 bits per heavy atom. The molecule has 86 valence electrons. The normalized spacial score (nSPS) is 12.7. The number of nitrogens with one attached hydrogen (secondary N) is 1. The molecule has 15 heavy (non-hydrogen) atoms. The highest BCUT2D eigenvalue weighted by molar-refractivity contribution is 5.20. The monoisotopic (exact) mass is 207 g/mol. The molecule has 0 aliphatic carbocycles. The summed E-state index contributed by atoms with van der Waals surface area (Å²) in [6.07, 6.45) is 0. The van der Waals surface area contributed by atoms with Gasteiger partial charge in [-0.15, -0.1) is 0 Å². The Morgan fingerprint density at radius 3 is 1.80 bits per heavy atom. The van der Waals surface area contributed by atoms with Crippen LogP contribution in [0.25, 0.3) is 0 Å². The molecule has 0 aliphatic heterocycles. The quantitative estimate of drug-likeness (QED) is 0.772. The van der Waals surface area contributed by atoms with Gasteiger partial charge in [0.25, 0.3) is 0 Å². The lowest BCUT2D eigenvalue weighted by atomic mass is 9.82. The molecule has 1 N–H and O–H groups in total. The molecule has 0 aromatic heterocycles. The van der Waals surface area contributed by atoms with Crippen LogP contribution in [0, 0.1) is 5.41 Å². The van der Waals surface area contributed by atoms with E-state index in [2.05, 4.69) is 56.4 Å². The summed E-state index contributed by atoms with van der Waals surface area (Å²) in [6, 6.07) is 11.0. The van der Waals surface area contributed by atoms with Gasteiger partial charge >= 0.3 is 0 Å². The maximum absolute atomic E-state index is 3.36. The Hall–Kier alpha value is -0.820. The second-order valence-electron chi connectivity index (χ2n) is 4.50. The van der Waals surface area contributed by atoms with E-state index in [4.69, 9.17) is 0 Å². The third-order valence-corrected chi connectivity index (χ3v) is 2.29. The molecule has 0 heterocycles. The van der Waals surface area contributed by atoms with Crippen molar-refractivity contribution in [2.75, 3.05) is 7.05 Å². The highest BCUT2D eigenvalue weighted by Crippen LogP contribution is 2.31. The van der Waals surface area contributed by atoms with Gasteiger partial charge in [-0.25, -0.2) is 0 Å². The fourth-order valence-corrected chi connectivity index (χ4v) is 1.75. The predicted molar refractivity (Wildman–Crippen MR) is 69.0 cm³/mol. The molecule has 1 aromatic carbocycles. The highest BCUT2D eigenvalue weighted by Gasteiger charge is 2.23. The van der Waals surface area contributed by atoms with Crippen molar-refractivity contribution in [3.63, 3.8) is 0 Å². The maximum Gasteiger partial charge on any atom is 0.0366 e.